The van der Waals surface area contributed by atoms with Gasteiger partial charge in [-0.3, -0.25) is 0 Å². The van der Waals surface area contributed by atoms with Crippen LogP contribution in [0.3, 0.4) is 0 Å². The molecule has 5 heteroatoms. The summed E-state index contributed by atoms with van der Waals surface area (Å²) in [5.74, 6) is -0.230. The van der Waals surface area contributed by atoms with Crippen LogP contribution in [0.15, 0.2) is 10.5 Å². The van der Waals surface area contributed by atoms with Gasteiger partial charge in [-0.2, -0.15) is 0 Å². The maximum absolute atomic E-state index is 13.7. The molecule has 15 heavy (non-hydrogen) atoms. The molecule has 0 amide bonds. The Bertz CT molecular complexity index is 397. The zero-order valence-corrected chi connectivity index (χ0v) is 10.1. The Kier molecular flexibility index (Phi) is 3.19. The van der Waals surface area contributed by atoms with Gasteiger partial charge in [-0.15, -0.1) is 0 Å². The van der Waals surface area contributed by atoms with E-state index in [2.05, 4.69) is 15.9 Å². The molecule has 1 aliphatic rings. The Hall–Kier alpha value is -0.320. The van der Waals surface area contributed by atoms with E-state index in [0.717, 1.165) is 0 Å². The molecule has 0 aliphatic carbocycles. The van der Waals surface area contributed by atoms with E-state index in [1.54, 1.807) is 0 Å². The van der Waals surface area contributed by atoms with E-state index < -0.39 is 11.9 Å². The van der Waals surface area contributed by atoms with Gasteiger partial charge in [0.2, 0.25) is 0 Å². The van der Waals surface area contributed by atoms with Crippen molar-refractivity contribution in [1.29, 1.82) is 0 Å². The molecule has 0 aromatic heterocycles. The summed E-state index contributed by atoms with van der Waals surface area (Å²) < 4.78 is 19.7. The lowest BCUT2D eigenvalue weighted by Crippen LogP contribution is -2.02. The predicted molar refractivity (Wildman–Crippen MR) is 58.8 cm³/mol. The highest BCUT2D eigenvalue weighted by atomic mass is 79.9. The zero-order valence-electron chi connectivity index (χ0n) is 7.77. The minimum Gasteiger partial charge on any atom is -0.492 e. The first kappa shape index (κ1) is 11.2. The number of fused-ring (bicyclic) bond motifs is 1. The van der Waals surface area contributed by atoms with Crippen molar-refractivity contribution in [2.75, 3.05) is 6.61 Å². The lowest BCUT2D eigenvalue weighted by molar-refractivity contribution is 0.163. The van der Waals surface area contributed by atoms with Crippen molar-refractivity contribution in [2.24, 2.45) is 0 Å². The molecule has 2 rings (SSSR count). The average Bonchev–Trinajstić information content (AvgIpc) is 2.37. The molecule has 1 atom stereocenters. The summed E-state index contributed by atoms with van der Waals surface area (Å²) in [5, 5.41) is 9.76. The van der Waals surface area contributed by atoms with Gasteiger partial charge in [-0.1, -0.05) is 11.6 Å². The van der Waals surface area contributed by atoms with E-state index in [4.69, 9.17) is 16.3 Å². The van der Waals surface area contributed by atoms with Gasteiger partial charge in [0.05, 0.1) is 27.8 Å². The van der Waals surface area contributed by atoms with Gasteiger partial charge < -0.3 is 9.84 Å². The molecule has 0 radical (unpaired) electrons. The molecule has 82 valence electrons. The predicted octanol–water partition coefficient (Wildman–Crippen LogP) is 3.45. The first-order valence-electron chi connectivity index (χ1n) is 4.59. The molecule has 2 nitrogen and oxygen atoms in total. The molecule has 0 bridgehead atoms. The number of aliphatic hydroxyl groups is 1. The van der Waals surface area contributed by atoms with Crippen LogP contribution in [0.5, 0.6) is 5.75 Å². The van der Waals surface area contributed by atoms with Crippen LogP contribution in [-0.2, 0) is 0 Å². The third kappa shape index (κ3) is 1.98. The van der Waals surface area contributed by atoms with Gasteiger partial charge in [0.1, 0.15) is 5.75 Å². The Labute approximate surface area is 100 Å². The molecule has 0 spiro atoms. The molecule has 0 saturated carbocycles. The van der Waals surface area contributed by atoms with Gasteiger partial charge in [0.15, 0.2) is 5.82 Å². The molecular formula is C10H9BrClFO2. The van der Waals surface area contributed by atoms with Gasteiger partial charge in [-0.25, -0.2) is 4.39 Å². The Morgan fingerprint density at radius 1 is 1.60 bits per heavy atom. The normalized spacial score (nSPS) is 20.4. The minimum atomic E-state index is -0.850. The van der Waals surface area contributed by atoms with Crippen LogP contribution in [0.1, 0.15) is 24.5 Å². The van der Waals surface area contributed by atoms with Crippen LogP contribution in [0.4, 0.5) is 4.39 Å². The smallest absolute Gasteiger partial charge is 0.151 e. The van der Waals surface area contributed by atoms with Crippen molar-refractivity contribution < 1.29 is 14.2 Å². The third-order valence-electron chi connectivity index (χ3n) is 2.36. The van der Waals surface area contributed by atoms with Crippen molar-refractivity contribution in [3.8, 4) is 5.75 Å². The van der Waals surface area contributed by atoms with Crippen LogP contribution in [0.2, 0.25) is 5.02 Å². The maximum Gasteiger partial charge on any atom is 0.151 e. The lowest BCUT2D eigenvalue weighted by atomic mass is 10.0. The molecule has 1 heterocycles. The summed E-state index contributed by atoms with van der Waals surface area (Å²) in [6, 6.07) is 1.44. The largest absolute Gasteiger partial charge is 0.492 e. The second kappa shape index (κ2) is 4.28. The van der Waals surface area contributed by atoms with Gasteiger partial charge in [0, 0.05) is 0 Å². The van der Waals surface area contributed by atoms with Crippen molar-refractivity contribution in [1.82, 2.24) is 0 Å². The third-order valence-corrected chi connectivity index (χ3v) is 3.23. The van der Waals surface area contributed by atoms with E-state index in [0.29, 0.717) is 29.7 Å². The monoisotopic (exact) mass is 294 g/mol. The fourth-order valence-electron chi connectivity index (χ4n) is 1.64. The van der Waals surface area contributed by atoms with Gasteiger partial charge in [0.25, 0.3) is 0 Å². The number of rotatable bonds is 0. The summed E-state index contributed by atoms with van der Waals surface area (Å²) >= 11 is 8.94. The fraction of sp³-hybridized carbons (Fsp3) is 0.400. The van der Waals surface area contributed by atoms with Gasteiger partial charge in [-0.05, 0) is 34.8 Å². The summed E-state index contributed by atoms with van der Waals surface area (Å²) in [7, 11) is 0. The molecular weight excluding hydrogens is 286 g/mol. The Morgan fingerprint density at radius 2 is 2.33 bits per heavy atom. The van der Waals surface area contributed by atoms with E-state index >= 15 is 0 Å². The lowest BCUT2D eigenvalue weighted by Gasteiger charge is -2.14. The van der Waals surface area contributed by atoms with E-state index in [9.17, 15) is 9.50 Å². The Balaban J connectivity index is 2.63. The van der Waals surface area contributed by atoms with Crippen molar-refractivity contribution >= 4 is 27.5 Å². The van der Waals surface area contributed by atoms with Crippen LogP contribution in [-0.4, -0.2) is 11.7 Å². The zero-order chi connectivity index (χ0) is 11.0. The highest BCUT2D eigenvalue weighted by Crippen LogP contribution is 2.41. The fourth-order valence-corrected chi connectivity index (χ4v) is 2.54. The molecule has 0 unspecified atom stereocenters. The van der Waals surface area contributed by atoms with E-state index in [-0.39, 0.29) is 10.6 Å². The minimum absolute atomic E-state index is 0.00910. The highest BCUT2D eigenvalue weighted by Gasteiger charge is 2.25. The quantitative estimate of drug-likeness (QED) is 0.743. The van der Waals surface area contributed by atoms with Crippen molar-refractivity contribution in [3.63, 3.8) is 0 Å². The molecule has 1 N–H and O–H groups in total. The first-order valence-corrected chi connectivity index (χ1v) is 5.76. The molecule has 0 fully saturated rings. The van der Waals surface area contributed by atoms with Crippen molar-refractivity contribution in [3.05, 3.63) is 26.9 Å². The summed E-state index contributed by atoms with van der Waals surface area (Å²) in [5.41, 5.74) is 0.159. The number of hydrogen-bond acceptors (Lipinski definition) is 2. The molecule has 1 aromatic carbocycles. The summed E-state index contributed by atoms with van der Waals surface area (Å²) in [4.78, 5) is 0. The van der Waals surface area contributed by atoms with E-state index in [1.165, 1.54) is 6.07 Å². The van der Waals surface area contributed by atoms with Crippen LogP contribution in [0, 0.1) is 5.82 Å². The topological polar surface area (TPSA) is 29.5 Å². The number of hydrogen-bond donors (Lipinski definition) is 1. The second-order valence-electron chi connectivity index (χ2n) is 3.40. The SMILES string of the molecule is O[C@@H]1CCCOc2c(Br)cc(Cl)c(F)c21. The molecule has 1 aromatic rings. The van der Waals surface area contributed by atoms with Gasteiger partial charge >= 0.3 is 0 Å². The Morgan fingerprint density at radius 3 is 3.07 bits per heavy atom. The first-order chi connectivity index (χ1) is 7.11. The summed E-state index contributed by atoms with van der Waals surface area (Å²) in [6.07, 6.45) is 0.327. The number of aliphatic hydroxyl groups excluding tert-OH is 1. The van der Waals surface area contributed by atoms with Crippen LogP contribution >= 0.6 is 27.5 Å². The summed E-state index contributed by atoms with van der Waals surface area (Å²) in [6.45, 7) is 0.476. The van der Waals surface area contributed by atoms with Crippen LogP contribution < -0.4 is 4.74 Å². The highest BCUT2D eigenvalue weighted by molar-refractivity contribution is 9.10. The number of halogens is 3. The standard InChI is InChI=1S/C10H9BrClFO2/c11-5-4-6(12)9(13)8-7(14)2-1-3-15-10(5)8/h4,7,14H,1-3H2/t7-/m1/s1. The number of ether oxygens (including phenoxy) is 1. The average molecular weight is 296 g/mol. The van der Waals surface area contributed by atoms with Crippen molar-refractivity contribution in [2.45, 2.75) is 18.9 Å². The number of benzene rings is 1. The second-order valence-corrected chi connectivity index (χ2v) is 4.67. The molecule has 1 aliphatic heterocycles. The maximum atomic E-state index is 13.7. The van der Waals surface area contributed by atoms with Crippen LogP contribution in [0.25, 0.3) is 0 Å². The molecule has 0 saturated heterocycles. The van der Waals surface area contributed by atoms with E-state index in [1.807, 2.05) is 0 Å².